The molecule has 0 aliphatic heterocycles. The Labute approximate surface area is 118 Å². The Balaban J connectivity index is 1.87. The Bertz CT molecular complexity index is 557. The number of rotatable bonds is 6. The lowest BCUT2D eigenvalue weighted by molar-refractivity contribution is 0.0949. The summed E-state index contributed by atoms with van der Waals surface area (Å²) in [6.45, 7) is 3.33. The van der Waals surface area contributed by atoms with Gasteiger partial charge in [-0.2, -0.15) is 0 Å². The predicted molar refractivity (Wildman–Crippen MR) is 78.7 cm³/mol. The van der Waals surface area contributed by atoms with E-state index in [1.165, 1.54) is 0 Å². The van der Waals surface area contributed by atoms with Crippen molar-refractivity contribution in [3.05, 3.63) is 54.0 Å². The summed E-state index contributed by atoms with van der Waals surface area (Å²) in [5.41, 5.74) is 1.52. The molecule has 0 aliphatic rings. The van der Waals surface area contributed by atoms with E-state index >= 15 is 0 Å². The highest BCUT2D eigenvalue weighted by atomic mass is 16.1. The maximum atomic E-state index is 12.0. The fourth-order valence-electron chi connectivity index (χ4n) is 1.80. The first-order valence-corrected chi connectivity index (χ1v) is 6.67. The molecule has 0 aromatic carbocycles. The Morgan fingerprint density at radius 3 is 2.90 bits per heavy atom. The first kappa shape index (κ1) is 14.0. The molecule has 2 rings (SSSR count). The fraction of sp³-hybridized carbons (Fsp3) is 0.267. The van der Waals surface area contributed by atoms with E-state index in [1.807, 2.05) is 31.2 Å². The van der Waals surface area contributed by atoms with E-state index in [1.54, 1.807) is 18.5 Å². The third kappa shape index (κ3) is 4.05. The third-order valence-electron chi connectivity index (χ3n) is 2.76. The molecule has 5 heteroatoms. The maximum absolute atomic E-state index is 12.0. The van der Waals surface area contributed by atoms with Crippen LogP contribution in [-0.4, -0.2) is 29.0 Å². The molecule has 2 heterocycles. The van der Waals surface area contributed by atoms with Crippen LogP contribution in [0.5, 0.6) is 0 Å². The Hall–Kier alpha value is -2.43. The number of carbonyl (C=O) groups is 1. The molecule has 5 nitrogen and oxygen atoms in total. The molecular formula is C15H18N4O. The van der Waals surface area contributed by atoms with Crippen molar-refractivity contribution in [3.8, 4) is 0 Å². The van der Waals surface area contributed by atoms with Crippen LogP contribution < -0.4 is 10.6 Å². The molecule has 2 aromatic rings. The second-order valence-electron chi connectivity index (χ2n) is 4.31. The topological polar surface area (TPSA) is 66.9 Å². The Morgan fingerprint density at radius 2 is 2.15 bits per heavy atom. The van der Waals surface area contributed by atoms with Crippen molar-refractivity contribution in [2.75, 3.05) is 18.4 Å². The third-order valence-corrected chi connectivity index (χ3v) is 2.76. The molecule has 0 radical (unpaired) electrons. The van der Waals surface area contributed by atoms with Crippen molar-refractivity contribution in [1.82, 2.24) is 15.3 Å². The monoisotopic (exact) mass is 270 g/mol. The highest BCUT2D eigenvalue weighted by Crippen LogP contribution is 2.04. The number of pyridine rings is 2. The van der Waals surface area contributed by atoms with Crippen LogP contribution in [0.4, 0.5) is 5.82 Å². The molecule has 20 heavy (non-hydrogen) atoms. The van der Waals surface area contributed by atoms with Crippen molar-refractivity contribution in [2.24, 2.45) is 0 Å². The minimum absolute atomic E-state index is 0.159. The molecule has 0 unspecified atom stereocenters. The summed E-state index contributed by atoms with van der Waals surface area (Å²) in [7, 11) is 0. The van der Waals surface area contributed by atoms with E-state index in [2.05, 4.69) is 20.6 Å². The Kier molecular flexibility index (Phi) is 5.06. The largest absolute Gasteiger partial charge is 0.370 e. The average molecular weight is 270 g/mol. The van der Waals surface area contributed by atoms with E-state index < -0.39 is 0 Å². The first-order chi connectivity index (χ1) is 9.79. The number of aromatic nitrogens is 2. The smallest absolute Gasteiger partial charge is 0.269 e. The van der Waals surface area contributed by atoms with Crippen molar-refractivity contribution in [2.45, 2.75) is 13.3 Å². The summed E-state index contributed by atoms with van der Waals surface area (Å²) >= 11 is 0. The maximum Gasteiger partial charge on any atom is 0.269 e. The minimum Gasteiger partial charge on any atom is -0.370 e. The summed E-state index contributed by atoms with van der Waals surface area (Å²) < 4.78 is 0. The van der Waals surface area contributed by atoms with Crippen molar-refractivity contribution < 1.29 is 4.79 Å². The molecule has 104 valence electrons. The highest BCUT2D eigenvalue weighted by Gasteiger charge is 2.07. The van der Waals surface area contributed by atoms with Crippen LogP contribution in [-0.2, 0) is 6.42 Å². The van der Waals surface area contributed by atoms with Gasteiger partial charge in [0.1, 0.15) is 11.5 Å². The van der Waals surface area contributed by atoms with E-state index in [-0.39, 0.29) is 5.91 Å². The average Bonchev–Trinajstić information content (AvgIpc) is 2.49. The number of nitrogens with one attached hydrogen (secondary N) is 2. The van der Waals surface area contributed by atoms with Crippen LogP contribution in [0.15, 0.2) is 42.7 Å². The second kappa shape index (κ2) is 7.23. The van der Waals surface area contributed by atoms with Gasteiger partial charge in [-0.05, 0) is 37.1 Å². The van der Waals surface area contributed by atoms with Gasteiger partial charge in [0.25, 0.3) is 5.91 Å². The van der Waals surface area contributed by atoms with Crippen LogP contribution >= 0.6 is 0 Å². The van der Waals surface area contributed by atoms with Gasteiger partial charge in [-0.3, -0.25) is 9.78 Å². The van der Waals surface area contributed by atoms with Gasteiger partial charge in [0.05, 0.1) is 0 Å². The van der Waals surface area contributed by atoms with Crippen LogP contribution in [0, 0.1) is 0 Å². The number of nitrogens with zero attached hydrogens (tertiary/aromatic N) is 2. The molecule has 0 atom stereocenters. The van der Waals surface area contributed by atoms with Gasteiger partial charge in [-0.25, -0.2) is 4.98 Å². The van der Waals surface area contributed by atoms with Gasteiger partial charge in [0.15, 0.2) is 0 Å². The lowest BCUT2D eigenvalue weighted by atomic mass is 10.2. The van der Waals surface area contributed by atoms with E-state index in [0.29, 0.717) is 18.1 Å². The number of hydrogen-bond acceptors (Lipinski definition) is 4. The summed E-state index contributed by atoms with van der Waals surface area (Å²) in [5, 5.41) is 5.95. The molecule has 0 spiro atoms. The zero-order chi connectivity index (χ0) is 14.2. The molecule has 0 bridgehead atoms. The van der Waals surface area contributed by atoms with Crippen LogP contribution in [0.3, 0.4) is 0 Å². The number of hydrogen-bond donors (Lipinski definition) is 2. The second-order valence-corrected chi connectivity index (χ2v) is 4.31. The number of amides is 1. The quantitative estimate of drug-likeness (QED) is 0.841. The van der Waals surface area contributed by atoms with Gasteiger partial charge in [0.2, 0.25) is 0 Å². The van der Waals surface area contributed by atoms with Gasteiger partial charge >= 0.3 is 0 Å². The van der Waals surface area contributed by atoms with Crippen molar-refractivity contribution in [1.29, 1.82) is 0 Å². The summed E-state index contributed by atoms with van der Waals surface area (Å²) in [5.74, 6) is 0.557. The molecule has 0 aliphatic carbocycles. The van der Waals surface area contributed by atoms with E-state index in [0.717, 1.165) is 18.5 Å². The van der Waals surface area contributed by atoms with E-state index in [9.17, 15) is 4.79 Å². The van der Waals surface area contributed by atoms with Crippen LogP contribution in [0.1, 0.15) is 23.0 Å². The van der Waals surface area contributed by atoms with Crippen LogP contribution in [0.25, 0.3) is 0 Å². The zero-order valence-corrected chi connectivity index (χ0v) is 11.5. The highest BCUT2D eigenvalue weighted by molar-refractivity contribution is 5.92. The fourth-order valence-corrected chi connectivity index (χ4v) is 1.80. The van der Waals surface area contributed by atoms with E-state index in [4.69, 9.17) is 0 Å². The predicted octanol–water partition coefficient (Wildman–Crippen LogP) is 1.88. The SMILES string of the molecule is CCNc1cccc(C(=O)NCCc2cccnc2)n1. The number of carbonyl (C=O) groups excluding carboxylic acids is 1. The molecule has 2 N–H and O–H groups in total. The molecular weight excluding hydrogens is 252 g/mol. The van der Waals surface area contributed by atoms with Gasteiger partial charge in [-0.1, -0.05) is 12.1 Å². The minimum atomic E-state index is -0.159. The zero-order valence-electron chi connectivity index (χ0n) is 11.5. The lowest BCUT2D eigenvalue weighted by Gasteiger charge is -2.07. The van der Waals surface area contributed by atoms with Crippen molar-refractivity contribution >= 4 is 11.7 Å². The molecule has 0 saturated carbocycles. The first-order valence-electron chi connectivity index (χ1n) is 6.67. The number of anilines is 1. The molecule has 0 saturated heterocycles. The summed E-state index contributed by atoms with van der Waals surface area (Å²) in [4.78, 5) is 20.3. The normalized spacial score (nSPS) is 10.1. The summed E-state index contributed by atoms with van der Waals surface area (Å²) in [6.07, 6.45) is 4.29. The van der Waals surface area contributed by atoms with Gasteiger partial charge < -0.3 is 10.6 Å². The molecule has 2 aromatic heterocycles. The van der Waals surface area contributed by atoms with Gasteiger partial charge in [-0.15, -0.1) is 0 Å². The van der Waals surface area contributed by atoms with Crippen molar-refractivity contribution in [3.63, 3.8) is 0 Å². The molecule has 1 amide bonds. The summed E-state index contributed by atoms with van der Waals surface area (Å²) in [6, 6.07) is 9.25. The van der Waals surface area contributed by atoms with Gasteiger partial charge in [0, 0.05) is 25.5 Å². The van der Waals surface area contributed by atoms with Crippen LogP contribution in [0.2, 0.25) is 0 Å². The standard InChI is InChI=1S/C15H18N4O/c1-2-17-14-7-3-6-13(19-14)15(20)18-10-8-12-5-4-9-16-11-12/h3-7,9,11H,2,8,10H2,1H3,(H,17,19)(H,18,20). The lowest BCUT2D eigenvalue weighted by Crippen LogP contribution is -2.26. The Morgan fingerprint density at radius 1 is 1.25 bits per heavy atom. The molecule has 0 fully saturated rings.